The number of pyridine rings is 1. The number of rotatable bonds is 10. The van der Waals surface area contributed by atoms with Crippen LogP contribution < -0.4 is 14.4 Å². The van der Waals surface area contributed by atoms with Gasteiger partial charge < -0.3 is 24.2 Å². The summed E-state index contributed by atoms with van der Waals surface area (Å²) in [7, 11) is 1.46. The van der Waals surface area contributed by atoms with E-state index < -0.39 is 55.3 Å². The van der Waals surface area contributed by atoms with Crippen molar-refractivity contribution in [3.8, 4) is 22.6 Å². The first-order valence-corrected chi connectivity index (χ1v) is 13.6. The van der Waals surface area contributed by atoms with E-state index >= 15 is 0 Å². The van der Waals surface area contributed by atoms with E-state index in [1.807, 2.05) is 0 Å². The molecular weight excluding hydrogens is 593 g/mol. The quantitative estimate of drug-likeness (QED) is 0.267. The molecule has 2 aromatic carbocycles. The minimum atomic E-state index is -4.90. The number of halogens is 5. The van der Waals surface area contributed by atoms with Gasteiger partial charge in [-0.15, -0.1) is 13.2 Å². The van der Waals surface area contributed by atoms with Crippen molar-refractivity contribution in [1.82, 2.24) is 9.88 Å². The van der Waals surface area contributed by atoms with Crippen LogP contribution in [0.4, 0.5) is 32.6 Å². The van der Waals surface area contributed by atoms with Gasteiger partial charge >= 0.3 is 18.4 Å². The summed E-state index contributed by atoms with van der Waals surface area (Å²) >= 11 is 0. The number of cyclic esters (lactones) is 1. The highest BCUT2D eigenvalue weighted by molar-refractivity contribution is 5.76. The average Bonchev–Trinajstić information content (AvgIpc) is 3.22. The van der Waals surface area contributed by atoms with Crippen molar-refractivity contribution in [3.63, 3.8) is 0 Å². The zero-order chi connectivity index (χ0) is 31.8. The number of carbonyl (C=O) groups is 2. The lowest BCUT2D eigenvalue weighted by molar-refractivity contribution is -0.274. The molecule has 0 bridgehead atoms. The van der Waals surface area contributed by atoms with Gasteiger partial charge in [0, 0.05) is 17.5 Å². The van der Waals surface area contributed by atoms with E-state index in [0.29, 0.717) is 28.1 Å². The molecule has 234 valence electrons. The third kappa shape index (κ3) is 6.79. The van der Waals surface area contributed by atoms with Crippen molar-refractivity contribution in [2.75, 3.05) is 25.1 Å². The molecule has 0 radical (unpaired) electrons. The number of carboxylic acids is 1. The van der Waals surface area contributed by atoms with Gasteiger partial charge in [0.1, 0.15) is 23.4 Å². The molecule has 3 heterocycles. The fourth-order valence-corrected chi connectivity index (χ4v) is 5.29. The lowest BCUT2D eigenvalue weighted by Gasteiger charge is -2.39. The lowest BCUT2D eigenvalue weighted by Crippen LogP contribution is -2.56. The van der Waals surface area contributed by atoms with E-state index in [-0.39, 0.29) is 30.8 Å². The number of anilines is 1. The van der Waals surface area contributed by atoms with E-state index in [1.54, 1.807) is 37.3 Å². The second-order valence-corrected chi connectivity index (χ2v) is 10.6. The van der Waals surface area contributed by atoms with E-state index in [0.717, 1.165) is 12.1 Å². The Morgan fingerprint density at radius 2 is 1.86 bits per heavy atom. The highest BCUT2D eigenvalue weighted by atomic mass is 19.4. The Labute approximate surface area is 248 Å². The SMILES string of the molecule is COc1ccc(CCC(=O)O)cc1-c1ccc(N2CC(F)(F)C2)nc1CN1C(=O)OC(c2cccc(OC(F)(F)F)c2)[C@@H]1C. The Hall–Kier alpha value is -4.62. The number of methoxy groups -OCH3 is 1. The molecule has 2 fully saturated rings. The molecule has 1 aromatic heterocycles. The molecule has 3 aromatic rings. The van der Waals surface area contributed by atoms with Crippen LogP contribution in [0.1, 0.15) is 36.3 Å². The van der Waals surface area contributed by atoms with E-state index in [1.165, 1.54) is 29.0 Å². The zero-order valence-electron chi connectivity index (χ0n) is 23.6. The molecular formula is C30H28F5N3O6. The van der Waals surface area contributed by atoms with Crippen molar-refractivity contribution in [2.24, 2.45) is 0 Å². The number of amides is 1. The fourth-order valence-electron chi connectivity index (χ4n) is 5.29. The van der Waals surface area contributed by atoms with E-state index in [9.17, 15) is 31.5 Å². The molecule has 0 aliphatic carbocycles. The van der Waals surface area contributed by atoms with Gasteiger partial charge in [0.2, 0.25) is 0 Å². The van der Waals surface area contributed by atoms with Crippen LogP contribution in [0, 0.1) is 0 Å². The molecule has 0 spiro atoms. The smallest absolute Gasteiger partial charge is 0.496 e. The topological polar surface area (TPSA) is 101 Å². The van der Waals surface area contributed by atoms with Gasteiger partial charge in [-0.1, -0.05) is 18.2 Å². The summed E-state index contributed by atoms with van der Waals surface area (Å²) in [5, 5.41) is 9.13. The summed E-state index contributed by atoms with van der Waals surface area (Å²) in [4.78, 5) is 31.7. The van der Waals surface area contributed by atoms with Crippen LogP contribution in [0.3, 0.4) is 0 Å². The maximum Gasteiger partial charge on any atom is 0.573 e. The second-order valence-electron chi connectivity index (χ2n) is 10.6. The Kier molecular flexibility index (Phi) is 8.28. The molecule has 0 saturated carbocycles. The number of hydrogen-bond acceptors (Lipinski definition) is 7. The molecule has 2 atom stereocenters. The van der Waals surface area contributed by atoms with Gasteiger partial charge in [0.05, 0.1) is 38.5 Å². The molecule has 1 amide bonds. The van der Waals surface area contributed by atoms with Gasteiger partial charge in [-0.2, -0.15) is 0 Å². The number of aryl methyl sites for hydroxylation is 1. The zero-order valence-corrected chi connectivity index (χ0v) is 23.6. The van der Waals surface area contributed by atoms with E-state index in [2.05, 4.69) is 9.72 Å². The predicted octanol–water partition coefficient (Wildman–Crippen LogP) is 6.21. The first kappa shape index (κ1) is 30.8. The summed E-state index contributed by atoms with van der Waals surface area (Å²) < 4.78 is 80.8. The molecule has 9 nitrogen and oxygen atoms in total. The van der Waals surface area contributed by atoms with Gasteiger partial charge in [0.25, 0.3) is 5.92 Å². The van der Waals surface area contributed by atoms with Crippen LogP contribution in [0.15, 0.2) is 54.6 Å². The third-order valence-electron chi connectivity index (χ3n) is 7.44. The molecule has 14 heteroatoms. The minimum Gasteiger partial charge on any atom is -0.496 e. The Bertz CT molecular complexity index is 1560. The average molecular weight is 622 g/mol. The number of alkyl halides is 5. The van der Waals surface area contributed by atoms with Crippen molar-refractivity contribution >= 4 is 17.9 Å². The van der Waals surface area contributed by atoms with Gasteiger partial charge in [-0.25, -0.2) is 18.6 Å². The number of nitrogens with zero attached hydrogens (tertiary/aromatic N) is 3. The maximum absolute atomic E-state index is 13.7. The number of aliphatic carboxylic acids is 1. The first-order chi connectivity index (χ1) is 20.7. The Morgan fingerprint density at radius 3 is 2.52 bits per heavy atom. The summed E-state index contributed by atoms with van der Waals surface area (Å²) in [5.74, 6) is -3.58. The molecule has 1 N–H and O–H groups in total. The molecule has 44 heavy (non-hydrogen) atoms. The molecule has 2 saturated heterocycles. The monoisotopic (exact) mass is 621 g/mol. The van der Waals surface area contributed by atoms with Crippen molar-refractivity contribution in [2.45, 2.75) is 50.7 Å². The number of carbonyl (C=O) groups excluding carboxylic acids is 1. The number of ether oxygens (including phenoxy) is 3. The van der Waals surface area contributed by atoms with Crippen molar-refractivity contribution in [3.05, 3.63) is 71.4 Å². The number of carboxylic acid groups (broad SMARTS) is 1. The fraction of sp³-hybridized carbons (Fsp3) is 0.367. The van der Waals surface area contributed by atoms with Crippen LogP contribution >= 0.6 is 0 Å². The van der Waals surface area contributed by atoms with Crippen molar-refractivity contribution in [1.29, 1.82) is 0 Å². The number of benzene rings is 2. The van der Waals surface area contributed by atoms with Crippen LogP contribution in [-0.2, 0) is 22.5 Å². The van der Waals surface area contributed by atoms with Crippen LogP contribution in [0.25, 0.3) is 11.1 Å². The number of hydrogen-bond donors (Lipinski definition) is 1. The molecule has 2 aliphatic rings. The highest BCUT2D eigenvalue weighted by Gasteiger charge is 2.45. The summed E-state index contributed by atoms with van der Waals surface area (Å²) in [6.45, 7) is 0.491. The summed E-state index contributed by atoms with van der Waals surface area (Å²) in [6.07, 6.45) is -6.45. The van der Waals surface area contributed by atoms with Crippen molar-refractivity contribution < 1.29 is 50.9 Å². The molecule has 5 rings (SSSR count). The summed E-state index contributed by atoms with van der Waals surface area (Å²) in [6, 6.07) is 12.9. The molecule has 1 unspecified atom stereocenters. The van der Waals surface area contributed by atoms with Gasteiger partial charge in [-0.05, 0) is 60.9 Å². The second kappa shape index (κ2) is 11.8. The maximum atomic E-state index is 13.7. The van der Waals surface area contributed by atoms with E-state index in [4.69, 9.17) is 14.6 Å². The highest BCUT2D eigenvalue weighted by Crippen LogP contribution is 2.40. The lowest BCUT2D eigenvalue weighted by atomic mass is 9.97. The van der Waals surface area contributed by atoms with Crippen LogP contribution in [0.5, 0.6) is 11.5 Å². The minimum absolute atomic E-state index is 0.104. The predicted molar refractivity (Wildman–Crippen MR) is 147 cm³/mol. The van der Waals surface area contributed by atoms with Gasteiger partial charge in [-0.3, -0.25) is 9.69 Å². The normalized spacial score (nSPS) is 19.4. The van der Waals surface area contributed by atoms with Crippen LogP contribution in [-0.4, -0.2) is 65.6 Å². The Morgan fingerprint density at radius 1 is 1.11 bits per heavy atom. The number of aromatic nitrogens is 1. The first-order valence-electron chi connectivity index (χ1n) is 13.6. The summed E-state index contributed by atoms with van der Waals surface area (Å²) in [5.41, 5.74) is 2.37. The Balaban J connectivity index is 1.49. The molecule has 2 aliphatic heterocycles. The standard InChI is InChI=1S/C30H28F5N3O6/c1-17-27(19-4-3-5-20(13-19)44-30(33,34)35)43-28(41)38(17)14-23-21(8-10-25(36-23)37-15-29(31,32)16-37)22-12-18(7-11-26(39)40)6-9-24(22)42-2/h3-6,8-10,12-13,17,27H,7,11,14-16H2,1-2H3,(H,39,40)/t17-,27?/m0/s1. The third-order valence-corrected chi connectivity index (χ3v) is 7.44. The largest absolute Gasteiger partial charge is 0.573 e. The van der Waals surface area contributed by atoms with Gasteiger partial charge in [0.15, 0.2) is 0 Å². The van der Waals surface area contributed by atoms with Crippen LogP contribution in [0.2, 0.25) is 0 Å².